The second-order valence-electron chi connectivity index (χ2n) is 3.45. The number of nitrogens with two attached hydrogens (primary N) is 1. The van der Waals surface area contributed by atoms with Crippen LogP contribution in [0.5, 0.6) is 0 Å². The van der Waals surface area contributed by atoms with E-state index < -0.39 is 0 Å². The lowest BCUT2D eigenvalue weighted by molar-refractivity contribution is 0.680. The Morgan fingerprint density at radius 2 is 2.00 bits per heavy atom. The van der Waals surface area contributed by atoms with Gasteiger partial charge < -0.3 is 11.1 Å². The van der Waals surface area contributed by atoms with Crippen molar-refractivity contribution in [1.82, 2.24) is 20.7 Å². The summed E-state index contributed by atoms with van der Waals surface area (Å²) in [6.45, 7) is 2.08. The highest BCUT2D eigenvalue weighted by molar-refractivity contribution is 5.60. The summed E-state index contributed by atoms with van der Waals surface area (Å²) in [5, 5.41) is 14.1. The van der Waals surface area contributed by atoms with Gasteiger partial charge in [-0.3, -0.25) is 0 Å². The van der Waals surface area contributed by atoms with Crippen LogP contribution in [0.15, 0.2) is 30.3 Å². The zero-order chi connectivity index (χ0) is 11.2. The molecule has 0 amide bonds. The number of rotatable bonds is 5. The highest BCUT2D eigenvalue weighted by Crippen LogP contribution is 2.18. The Bertz CT molecular complexity index is 423. The molecule has 84 valence electrons. The summed E-state index contributed by atoms with van der Waals surface area (Å²) in [4.78, 5) is 0. The minimum Gasteiger partial charge on any atom is -0.329 e. The standard InChI is InChI=1S/C11H15N5/c12-6-7-13-8-10-11(15-16-14-10)9-4-2-1-3-5-9/h1-5,13H,6-8,12H2,(H,14,15,16). The van der Waals surface area contributed by atoms with E-state index in [1.54, 1.807) is 0 Å². The fourth-order valence-corrected chi connectivity index (χ4v) is 1.51. The summed E-state index contributed by atoms with van der Waals surface area (Å²) in [5.74, 6) is 0. The third-order valence-electron chi connectivity index (χ3n) is 2.28. The molecule has 5 nitrogen and oxygen atoms in total. The van der Waals surface area contributed by atoms with Gasteiger partial charge in [-0.1, -0.05) is 30.3 Å². The number of benzene rings is 1. The predicted octanol–water partition coefficient (Wildman–Crippen LogP) is 0.520. The van der Waals surface area contributed by atoms with Gasteiger partial charge in [-0.2, -0.15) is 15.4 Å². The molecular formula is C11H15N5. The van der Waals surface area contributed by atoms with Crippen molar-refractivity contribution in [1.29, 1.82) is 0 Å². The SMILES string of the molecule is NCCNCc1n[nH]nc1-c1ccccc1. The van der Waals surface area contributed by atoms with Crippen LogP contribution in [0.1, 0.15) is 5.69 Å². The summed E-state index contributed by atoms with van der Waals surface area (Å²) in [6.07, 6.45) is 0. The topological polar surface area (TPSA) is 79.6 Å². The molecular weight excluding hydrogens is 202 g/mol. The zero-order valence-corrected chi connectivity index (χ0v) is 8.98. The number of aromatic nitrogens is 3. The van der Waals surface area contributed by atoms with E-state index in [1.165, 1.54) is 0 Å². The van der Waals surface area contributed by atoms with E-state index in [9.17, 15) is 0 Å². The van der Waals surface area contributed by atoms with Crippen LogP contribution in [0, 0.1) is 0 Å². The summed E-state index contributed by atoms with van der Waals surface area (Å²) in [7, 11) is 0. The summed E-state index contributed by atoms with van der Waals surface area (Å²) in [5.41, 5.74) is 8.29. The Hall–Kier alpha value is -1.72. The molecule has 0 fully saturated rings. The van der Waals surface area contributed by atoms with Gasteiger partial charge in [0.15, 0.2) is 0 Å². The first-order chi connectivity index (χ1) is 7.92. The molecule has 5 heteroatoms. The number of hydrogen-bond donors (Lipinski definition) is 3. The summed E-state index contributed by atoms with van der Waals surface area (Å²) in [6, 6.07) is 9.99. The van der Waals surface area contributed by atoms with Gasteiger partial charge in [-0.25, -0.2) is 0 Å². The quantitative estimate of drug-likeness (QED) is 0.638. The maximum absolute atomic E-state index is 5.41. The van der Waals surface area contributed by atoms with Crippen molar-refractivity contribution in [3.05, 3.63) is 36.0 Å². The van der Waals surface area contributed by atoms with Gasteiger partial charge in [0.25, 0.3) is 0 Å². The lowest BCUT2D eigenvalue weighted by atomic mass is 10.1. The van der Waals surface area contributed by atoms with E-state index in [-0.39, 0.29) is 0 Å². The lowest BCUT2D eigenvalue weighted by Gasteiger charge is -2.02. The fourth-order valence-electron chi connectivity index (χ4n) is 1.51. The van der Waals surface area contributed by atoms with Crippen LogP contribution in [-0.2, 0) is 6.54 Å². The first-order valence-corrected chi connectivity index (χ1v) is 5.27. The van der Waals surface area contributed by atoms with Crippen LogP contribution in [-0.4, -0.2) is 28.5 Å². The highest BCUT2D eigenvalue weighted by atomic mass is 15.3. The molecule has 0 atom stereocenters. The minimum atomic E-state index is 0.624. The average molecular weight is 217 g/mol. The molecule has 0 aliphatic rings. The minimum absolute atomic E-state index is 0.624. The van der Waals surface area contributed by atoms with Gasteiger partial charge in [0.2, 0.25) is 0 Å². The molecule has 1 heterocycles. The molecule has 1 aromatic heterocycles. The highest BCUT2D eigenvalue weighted by Gasteiger charge is 2.08. The van der Waals surface area contributed by atoms with Crippen molar-refractivity contribution in [3.8, 4) is 11.3 Å². The maximum Gasteiger partial charge on any atom is 0.117 e. The molecule has 4 N–H and O–H groups in total. The number of hydrogen-bond acceptors (Lipinski definition) is 4. The Morgan fingerprint density at radius 3 is 2.75 bits per heavy atom. The van der Waals surface area contributed by atoms with Crippen molar-refractivity contribution in [2.45, 2.75) is 6.54 Å². The summed E-state index contributed by atoms with van der Waals surface area (Å²) < 4.78 is 0. The molecule has 2 aromatic rings. The van der Waals surface area contributed by atoms with E-state index >= 15 is 0 Å². The summed E-state index contributed by atoms with van der Waals surface area (Å²) >= 11 is 0. The second kappa shape index (κ2) is 5.39. The van der Waals surface area contributed by atoms with Crippen LogP contribution < -0.4 is 11.1 Å². The monoisotopic (exact) mass is 217 g/mol. The van der Waals surface area contributed by atoms with Gasteiger partial charge in [-0.05, 0) is 0 Å². The van der Waals surface area contributed by atoms with Crippen molar-refractivity contribution in [2.24, 2.45) is 5.73 Å². The largest absolute Gasteiger partial charge is 0.329 e. The molecule has 2 rings (SSSR count). The third-order valence-corrected chi connectivity index (χ3v) is 2.28. The number of nitrogens with one attached hydrogen (secondary N) is 2. The van der Waals surface area contributed by atoms with Gasteiger partial charge in [0, 0.05) is 25.2 Å². The first-order valence-electron chi connectivity index (χ1n) is 5.27. The molecule has 0 radical (unpaired) electrons. The average Bonchev–Trinajstić information content (AvgIpc) is 2.79. The van der Waals surface area contributed by atoms with Crippen LogP contribution >= 0.6 is 0 Å². The van der Waals surface area contributed by atoms with Crippen molar-refractivity contribution < 1.29 is 0 Å². The van der Waals surface area contributed by atoms with Crippen LogP contribution in [0.4, 0.5) is 0 Å². The van der Waals surface area contributed by atoms with Crippen LogP contribution in [0.25, 0.3) is 11.3 Å². The molecule has 0 saturated carbocycles. The Balaban J connectivity index is 2.13. The van der Waals surface area contributed by atoms with Gasteiger partial charge in [0.05, 0.1) is 0 Å². The van der Waals surface area contributed by atoms with Crippen molar-refractivity contribution >= 4 is 0 Å². The molecule has 16 heavy (non-hydrogen) atoms. The molecule has 0 aliphatic carbocycles. The van der Waals surface area contributed by atoms with Crippen molar-refractivity contribution in [2.75, 3.05) is 13.1 Å². The maximum atomic E-state index is 5.41. The molecule has 0 aliphatic heterocycles. The van der Waals surface area contributed by atoms with E-state index in [0.717, 1.165) is 23.5 Å². The molecule has 0 unspecified atom stereocenters. The molecule has 0 bridgehead atoms. The fraction of sp³-hybridized carbons (Fsp3) is 0.273. The van der Waals surface area contributed by atoms with Gasteiger partial charge >= 0.3 is 0 Å². The smallest absolute Gasteiger partial charge is 0.117 e. The third kappa shape index (κ3) is 2.44. The Morgan fingerprint density at radius 1 is 1.19 bits per heavy atom. The first kappa shape index (κ1) is 10.8. The Kier molecular flexibility index (Phi) is 3.63. The normalized spacial score (nSPS) is 10.6. The van der Waals surface area contributed by atoms with Gasteiger partial charge in [0.1, 0.15) is 11.4 Å². The van der Waals surface area contributed by atoms with E-state index in [0.29, 0.717) is 13.1 Å². The lowest BCUT2D eigenvalue weighted by Crippen LogP contribution is -2.22. The molecule has 0 saturated heterocycles. The number of H-pyrrole nitrogens is 1. The van der Waals surface area contributed by atoms with E-state index in [4.69, 9.17) is 5.73 Å². The molecule has 1 aromatic carbocycles. The second-order valence-corrected chi connectivity index (χ2v) is 3.45. The molecule has 0 spiro atoms. The van der Waals surface area contributed by atoms with E-state index in [2.05, 4.69) is 20.7 Å². The van der Waals surface area contributed by atoms with Crippen LogP contribution in [0.3, 0.4) is 0 Å². The van der Waals surface area contributed by atoms with Gasteiger partial charge in [-0.15, -0.1) is 0 Å². The zero-order valence-electron chi connectivity index (χ0n) is 8.98. The number of aromatic amines is 1. The predicted molar refractivity (Wildman–Crippen MR) is 62.6 cm³/mol. The van der Waals surface area contributed by atoms with Crippen LogP contribution in [0.2, 0.25) is 0 Å². The van der Waals surface area contributed by atoms with Crippen molar-refractivity contribution in [3.63, 3.8) is 0 Å². The Labute approximate surface area is 94.1 Å². The number of nitrogens with zero attached hydrogens (tertiary/aromatic N) is 2. The van der Waals surface area contributed by atoms with E-state index in [1.807, 2.05) is 30.3 Å².